The van der Waals surface area contributed by atoms with E-state index in [1.54, 1.807) is 15.8 Å². The van der Waals surface area contributed by atoms with E-state index in [-0.39, 0.29) is 5.41 Å². The van der Waals surface area contributed by atoms with Crippen molar-refractivity contribution in [3.05, 3.63) is 16.3 Å². The lowest BCUT2D eigenvalue weighted by Crippen LogP contribution is -2.31. The van der Waals surface area contributed by atoms with E-state index in [0.717, 1.165) is 11.3 Å². The number of hydrogen-bond acceptors (Lipinski definition) is 4. The third-order valence-electron chi connectivity index (χ3n) is 3.99. The highest BCUT2D eigenvalue weighted by molar-refractivity contribution is 7.89. The molecule has 0 aromatic carbocycles. The number of sulfonamides is 1. The lowest BCUT2D eigenvalue weighted by Gasteiger charge is -2.26. The summed E-state index contributed by atoms with van der Waals surface area (Å²) >= 11 is 1.50. The van der Waals surface area contributed by atoms with Crippen LogP contribution in [0.1, 0.15) is 32.1 Å². The maximum Gasteiger partial charge on any atom is 0.243 e. The maximum atomic E-state index is 12.6. The third kappa shape index (κ3) is 3.24. The summed E-state index contributed by atoms with van der Waals surface area (Å²) < 4.78 is 26.9. The fourth-order valence-electron chi connectivity index (χ4n) is 2.57. The van der Waals surface area contributed by atoms with Crippen molar-refractivity contribution in [3.8, 4) is 0 Å². The molecule has 4 nitrogen and oxygen atoms in total. The van der Waals surface area contributed by atoms with Crippen molar-refractivity contribution in [2.75, 3.05) is 20.1 Å². The summed E-state index contributed by atoms with van der Waals surface area (Å²) in [4.78, 5) is 1.50. The molecule has 1 aromatic rings. The smallest absolute Gasteiger partial charge is 0.243 e. The first-order valence-electron chi connectivity index (χ1n) is 6.97. The lowest BCUT2D eigenvalue weighted by molar-refractivity contribution is 0.252. The van der Waals surface area contributed by atoms with Gasteiger partial charge in [0.2, 0.25) is 10.0 Å². The molecule has 20 heavy (non-hydrogen) atoms. The Hall–Kier alpha value is -0.430. The Morgan fingerprint density at radius 2 is 2.15 bits per heavy atom. The van der Waals surface area contributed by atoms with Crippen molar-refractivity contribution in [3.63, 3.8) is 0 Å². The first-order valence-corrected chi connectivity index (χ1v) is 9.29. The van der Waals surface area contributed by atoms with Gasteiger partial charge in [-0.1, -0.05) is 20.8 Å². The van der Waals surface area contributed by atoms with Gasteiger partial charge >= 0.3 is 0 Å². The molecule has 0 aliphatic carbocycles. The molecule has 1 fully saturated rings. The number of nitrogens with one attached hydrogen (secondary N) is 1. The summed E-state index contributed by atoms with van der Waals surface area (Å²) in [5.41, 5.74) is 0.163. The molecule has 114 valence electrons. The van der Waals surface area contributed by atoms with E-state index >= 15 is 0 Å². The Bertz CT molecular complexity index is 558. The normalized spacial score (nSPS) is 21.5. The van der Waals surface area contributed by atoms with Gasteiger partial charge < -0.3 is 5.32 Å². The largest absolute Gasteiger partial charge is 0.315 e. The van der Waals surface area contributed by atoms with Crippen LogP contribution in [-0.2, 0) is 16.6 Å². The Labute approximate surface area is 126 Å². The van der Waals surface area contributed by atoms with Crippen molar-refractivity contribution < 1.29 is 8.42 Å². The molecule has 1 atom stereocenters. The average Bonchev–Trinajstić information content (AvgIpc) is 2.97. The van der Waals surface area contributed by atoms with Gasteiger partial charge in [0.25, 0.3) is 0 Å². The second kappa shape index (κ2) is 5.75. The minimum absolute atomic E-state index is 0.163. The van der Waals surface area contributed by atoms with Crippen LogP contribution < -0.4 is 5.32 Å². The van der Waals surface area contributed by atoms with Crippen LogP contribution in [0.5, 0.6) is 0 Å². The van der Waals surface area contributed by atoms with Crippen LogP contribution >= 0.6 is 11.3 Å². The molecular weight excluding hydrogens is 292 g/mol. The number of thiophene rings is 1. The highest BCUT2D eigenvalue weighted by Gasteiger charge is 2.37. The summed E-state index contributed by atoms with van der Waals surface area (Å²) in [5, 5.41) is 4.80. The molecule has 0 bridgehead atoms. The van der Waals surface area contributed by atoms with Crippen molar-refractivity contribution in [2.24, 2.45) is 11.3 Å². The van der Waals surface area contributed by atoms with Crippen molar-refractivity contribution >= 4 is 21.4 Å². The Balaban J connectivity index is 2.15. The van der Waals surface area contributed by atoms with Crippen molar-refractivity contribution in [1.82, 2.24) is 9.62 Å². The van der Waals surface area contributed by atoms with Gasteiger partial charge in [0.15, 0.2) is 0 Å². The number of nitrogens with zero attached hydrogens (tertiary/aromatic N) is 1. The van der Waals surface area contributed by atoms with Gasteiger partial charge in [-0.3, -0.25) is 0 Å². The molecule has 2 heterocycles. The van der Waals surface area contributed by atoms with Crippen LogP contribution in [0, 0.1) is 11.3 Å². The highest BCUT2D eigenvalue weighted by atomic mass is 32.2. The zero-order valence-electron chi connectivity index (χ0n) is 12.6. The highest BCUT2D eigenvalue weighted by Crippen LogP contribution is 2.36. The minimum Gasteiger partial charge on any atom is -0.315 e. The maximum absolute atomic E-state index is 12.6. The molecule has 0 spiro atoms. The van der Waals surface area contributed by atoms with Gasteiger partial charge in [-0.2, -0.15) is 4.31 Å². The molecule has 0 saturated carbocycles. The second-order valence-electron chi connectivity index (χ2n) is 6.49. The van der Waals surface area contributed by atoms with Gasteiger partial charge in [-0.15, -0.1) is 11.3 Å². The summed E-state index contributed by atoms with van der Waals surface area (Å²) in [7, 11) is -1.45. The third-order valence-corrected chi connectivity index (χ3v) is 6.92. The first-order chi connectivity index (χ1) is 9.25. The Morgan fingerprint density at radius 1 is 1.45 bits per heavy atom. The molecule has 0 radical (unpaired) electrons. The van der Waals surface area contributed by atoms with Crippen LogP contribution in [0.25, 0.3) is 0 Å². The molecule has 1 aliphatic rings. The summed E-state index contributed by atoms with van der Waals surface area (Å²) in [5.74, 6) is 0.438. The van der Waals surface area contributed by atoms with Crippen LogP contribution in [-0.4, -0.2) is 32.9 Å². The molecule has 2 rings (SSSR count). The van der Waals surface area contributed by atoms with Crippen LogP contribution in [0.3, 0.4) is 0 Å². The first kappa shape index (κ1) is 15.9. The van der Waals surface area contributed by atoms with E-state index in [0.29, 0.717) is 30.4 Å². The topological polar surface area (TPSA) is 49.4 Å². The molecule has 1 saturated heterocycles. The Kier molecular flexibility index (Phi) is 4.59. The van der Waals surface area contributed by atoms with Crippen LogP contribution in [0.15, 0.2) is 16.3 Å². The van der Waals surface area contributed by atoms with Gasteiger partial charge in [0.1, 0.15) is 0 Å². The van der Waals surface area contributed by atoms with E-state index in [2.05, 4.69) is 26.1 Å². The van der Waals surface area contributed by atoms with Crippen LogP contribution in [0.4, 0.5) is 0 Å². The van der Waals surface area contributed by atoms with Gasteiger partial charge in [0, 0.05) is 29.9 Å². The second-order valence-corrected chi connectivity index (χ2v) is 9.43. The molecule has 0 amide bonds. The van der Waals surface area contributed by atoms with E-state index in [1.807, 2.05) is 7.05 Å². The fourth-order valence-corrected chi connectivity index (χ4v) is 5.34. The molecule has 6 heteroatoms. The average molecular weight is 316 g/mol. The predicted octanol–water partition coefficient (Wildman–Crippen LogP) is 2.52. The van der Waals surface area contributed by atoms with Gasteiger partial charge in [0.05, 0.1) is 4.90 Å². The van der Waals surface area contributed by atoms with E-state index in [9.17, 15) is 8.42 Å². The minimum atomic E-state index is -3.31. The van der Waals surface area contributed by atoms with E-state index in [1.165, 1.54) is 11.3 Å². The van der Waals surface area contributed by atoms with Crippen LogP contribution in [0.2, 0.25) is 0 Å². The van der Waals surface area contributed by atoms with Crippen molar-refractivity contribution in [2.45, 2.75) is 38.6 Å². The SMILES string of the molecule is CNCc1cc(S(=O)(=O)N2CCC(C(C)(C)C)C2)cs1. The van der Waals surface area contributed by atoms with E-state index in [4.69, 9.17) is 0 Å². The summed E-state index contributed by atoms with van der Waals surface area (Å²) in [6, 6.07) is 1.79. The molecular formula is C14H24N2O2S2. The monoisotopic (exact) mass is 316 g/mol. The van der Waals surface area contributed by atoms with Gasteiger partial charge in [-0.05, 0) is 30.9 Å². The summed E-state index contributed by atoms with van der Waals surface area (Å²) in [6.45, 7) is 8.55. The fraction of sp³-hybridized carbons (Fsp3) is 0.714. The van der Waals surface area contributed by atoms with E-state index < -0.39 is 10.0 Å². The standard InChI is InChI=1S/C14H24N2O2S2/c1-14(2,3)11-5-6-16(9-11)20(17,18)13-7-12(8-15-4)19-10-13/h7,10-11,15H,5-6,8-9H2,1-4H3. The predicted molar refractivity (Wildman–Crippen MR) is 83.4 cm³/mol. The van der Waals surface area contributed by atoms with Gasteiger partial charge in [-0.25, -0.2) is 8.42 Å². The zero-order chi connectivity index (χ0) is 15.0. The molecule has 1 aromatic heterocycles. The molecule has 1 N–H and O–H groups in total. The lowest BCUT2D eigenvalue weighted by atomic mass is 9.80. The number of rotatable bonds is 4. The number of hydrogen-bond donors (Lipinski definition) is 1. The van der Waals surface area contributed by atoms with Crippen molar-refractivity contribution in [1.29, 1.82) is 0 Å². The molecule has 1 unspecified atom stereocenters. The Morgan fingerprint density at radius 3 is 2.70 bits per heavy atom. The zero-order valence-corrected chi connectivity index (χ0v) is 14.3. The quantitative estimate of drug-likeness (QED) is 0.928. The molecule has 1 aliphatic heterocycles. The summed E-state index contributed by atoms with van der Waals surface area (Å²) in [6.07, 6.45) is 0.955.